The molecule has 4 atom stereocenters. The first-order valence-corrected chi connectivity index (χ1v) is 13.1. The Morgan fingerprint density at radius 2 is 1.70 bits per heavy atom. The van der Waals surface area contributed by atoms with Gasteiger partial charge < -0.3 is 24.6 Å². The summed E-state index contributed by atoms with van der Waals surface area (Å²) >= 11 is 0. The van der Waals surface area contributed by atoms with Crippen molar-refractivity contribution in [1.29, 1.82) is 0 Å². The van der Waals surface area contributed by atoms with Crippen LogP contribution in [0.4, 0.5) is 4.39 Å². The van der Waals surface area contributed by atoms with Gasteiger partial charge >= 0.3 is 11.9 Å². The molecule has 0 aliphatic heterocycles. The van der Waals surface area contributed by atoms with Gasteiger partial charge in [0.15, 0.2) is 11.6 Å². The molecule has 3 aliphatic rings. The van der Waals surface area contributed by atoms with E-state index < -0.39 is 40.7 Å². The van der Waals surface area contributed by atoms with Crippen molar-refractivity contribution in [2.45, 2.75) is 90.4 Å². The second-order valence-electron chi connectivity index (χ2n) is 12.1. The first-order valence-electron chi connectivity index (χ1n) is 13.1. The molecule has 0 saturated heterocycles. The van der Waals surface area contributed by atoms with Gasteiger partial charge in [-0.25, -0.2) is 4.39 Å². The molecule has 0 spiro atoms. The number of carbonyl (C=O) groups excluding carboxylic acids is 2. The molecule has 2 N–H and O–H groups in total. The van der Waals surface area contributed by atoms with Crippen molar-refractivity contribution < 1.29 is 38.1 Å². The van der Waals surface area contributed by atoms with Gasteiger partial charge in [0, 0.05) is 12.1 Å². The predicted molar refractivity (Wildman–Crippen MR) is 133 cm³/mol. The average molecular weight is 520 g/mol. The number of benzene rings is 1. The second-order valence-corrected chi connectivity index (χ2v) is 12.1. The maximum atomic E-state index is 14.9. The third-order valence-corrected chi connectivity index (χ3v) is 8.22. The molecule has 1 aromatic rings. The van der Waals surface area contributed by atoms with Crippen LogP contribution in [0.15, 0.2) is 12.1 Å². The zero-order valence-corrected chi connectivity index (χ0v) is 22.3. The molecule has 8 nitrogen and oxygen atoms in total. The lowest BCUT2D eigenvalue weighted by molar-refractivity contribution is -0.169. The van der Waals surface area contributed by atoms with E-state index in [-0.39, 0.29) is 41.0 Å². The molecule has 3 fully saturated rings. The molecule has 204 valence electrons. The van der Waals surface area contributed by atoms with Gasteiger partial charge in [-0.3, -0.25) is 14.4 Å². The van der Waals surface area contributed by atoms with Crippen LogP contribution in [0.5, 0.6) is 11.5 Å². The van der Waals surface area contributed by atoms with Gasteiger partial charge in [0.2, 0.25) is 0 Å². The number of methoxy groups -OCH3 is 1. The van der Waals surface area contributed by atoms with E-state index in [1.54, 1.807) is 0 Å². The van der Waals surface area contributed by atoms with E-state index in [1.165, 1.54) is 13.2 Å². The number of ether oxygens (including phenoxy) is 3. The number of hydrogen-bond acceptors (Lipinski definition) is 6. The maximum Gasteiger partial charge on any atom is 0.312 e. The minimum atomic E-state index is -0.900. The van der Waals surface area contributed by atoms with Gasteiger partial charge in [-0.2, -0.15) is 0 Å². The second kappa shape index (κ2) is 10.1. The summed E-state index contributed by atoms with van der Waals surface area (Å²) in [6, 6.07) is 1.98. The van der Waals surface area contributed by atoms with Gasteiger partial charge in [-0.1, -0.05) is 0 Å². The summed E-state index contributed by atoms with van der Waals surface area (Å²) in [7, 11) is 1.35. The average Bonchev–Trinajstić information content (AvgIpc) is 3.42. The molecule has 3 aliphatic carbocycles. The van der Waals surface area contributed by atoms with E-state index in [0.29, 0.717) is 25.7 Å². The molecule has 2 bridgehead atoms. The van der Waals surface area contributed by atoms with Crippen molar-refractivity contribution in [3.05, 3.63) is 23.5 Å². The summed E-state index contributed by atoms with van der Waals surface area (Å²) in [4.78, 5) is 37.8. The van der Waals surface area contributed by atoms with Crippen molar-refractivity contribution in [1.82, 2.24) is 5.32 Å². The van der Waals surface area contributed by atoms with Crippen LogP contribution in [0.2, 0.25) is 0 Å². The first kappa shape index (κ1) is 27.2. The van der Waals surface area contributed by atoms with E-state index in [9.17, 15) is 23.9 Å². The zero-order valence-electron chi connectivity index (χ0n) is 22.3. The fourth-order valence-corrected chi connectivity index (χ4v) is 6.19. The molecule has 0 heterocycles. The summed E-state index contributed by atoms with van der Waals surface area (Å²) in [5.41, 5.74) is -1.10. The van der Waals surface area contributed by atoms with Gasteiger partial charge in [0.1, 0.15) is 11.4 Å². The van der Waals surface area contributed by atoms with Gasteiger partial charge in [-0.15, -0.1) is 0 Å². The third-order valence-electron chi connectivity index (χ3n) is 8.22. The van der Waals surface area contributed by atoms with Crippen LogP contribution in [0.1, 0.15) is 83.0 Å². The van der Waals surface area contributed by atoms with Gasteiger partial charge in [-0.05, 0) is 90.5 Å². The molecule has 37 heavy (non-hydrogen) atoms. The monoisotopic (exact) mass is 519 g/mol. The normalized spacial score (nSPS) is 31.0. The van der Waals surface area contributed by atoms with Crippen LogP contribution < -0.4 is 14.8 Å². The summed E-state index contributed by atoms with van der Waals surface area (Å²) < 4.78 is 31.7. The number of carbonyl (C=O) groups is 3. The Kier molecular flexibility index (Phi) is 7.45. The highest BCUT2D eigenvalue weighted by Gasteiger charge is 2.51. The van der Waals surface area contributed by atoms with Crippen LogP contribution >= 0.6 is 0 Å². The number of nitrogens with one attached hydrogen (secondary N) is 1. The van der Waals surface area contributed by atoms with Crippen LogP contribution in [0, 0.1) is 29.0 Å². The molecule has 0 aromatic heterocycles. The lowest BCUT2D eigenvalue weighted by Gasteiger charge is -2.37. The molecule has 4 rings (SSSR count). The number of fused-ring (bicyclic) bond motifs is 2. The number of amides is 1. The number of aliphatic carboxylic acids is 1. The minimum absolute atomic E-state index is 0.0542. The molecule has 0 unspecified atom stereocenters. The number of halogens is 1. The topological polar surface area (TPSA) is 111 Å². The fraction of sp³-hybridized carbons (Fsp3) is 0.679. The van der Waals surface area contributed by atoms with E-state index in [2.05, 4.69) is 5.32 Å². The maximum absolute atomic E-state index is 14.9. The Balaban J connectivity index is 1.45. The van der Waals surface area contributed by atoms with Gasteiger partial charge in [0.05, 0.1) is 30.1 Å². The van der Waals surface area contributed by atoms with Crippen LogP contribution in [0.25, 0.3) is 0 Å². The Labute approximate surface area is 217 Å². The smallest absolute Gasteiger partial charge is 0.312 e. The molecule has 0 radical (unpaired) electrons. The molecule has 1 aromatic carbocycles. The van der Waals surface area contributed by atoms with E-state index >= 15 is 0 Å². The summed E-state index contributed by atoms with van der Waals surface area (Å²) in [6.45, 7) is 7.39. The van der Waals surface area contributed by atoms with E-state index in [4.69, 9.17) is 14.2 Å². The molecule has 1 amide bonds. The van der Waals surface area contributed by atoms with Crippen LogP contribution in [0.3, 0.4) is 0 Å². The lowest BCUT2D eigenvalue weighted by atomic mass is 9.74. The minimum Gasteiger partial charge on any atom is -0.496 e. The molecular formula is C28H38FNO7. The summed E-state index contributed by atoms with van der Waals surface area (Å²) in [5.74, 6) is -2.75. The Morgan fingerprint density at radius 1 is 1.05 bits per heavy atom. The van der Waals surface area contributed by atoms with Gasteiger partial charge in [0.25, 0.3) is 5.91 Å². The van der Waals surface area contributed by atoms with E-state index in [0.717, 1.165) is 25.3 Å². The van der Waals surface area contributed by atoms with E-state index in [1.807, 2.05) is 27.7 Å². The quantitative estimate of drug-likeness (QED) is 0.501. The van der Waals surface area contributed by atoms with Crippen molar-refractivity contribution >= 4 is 17.8 Å². The fourth-order valence-electron chi connectivity index (χ4n) is 6.19. The summed E-state index contributed by atoms with van der Waals surface area (Å²) in [5, 5.41) is 12.6. The van der Waals surface area contributed by atoms with Crippen molar-refractivity contribution in [2.75, 3.05) is 7.11 Å². The molecular weight excluding hydrogens is 481 g/mol. The van der Waals surface area contributed by atoms with Crippen molar-refractivity contribution in [2.24, 2.45) is 23.2 Å². The zero-order chi connectivity index (χ0) is 27.1. The SMILES string of the molecule is COc1cc(F)c(O[C@H]2CC[C@@](C)(C(=O)OC(C)(C)C)CC2)cc1C(=O)N[C@H]1[C@@H]2CC[C@@H](C2)[C@H]1C(=O)O. The predicted octanol–water partition coefficient (Wildman–Crippen LogP) is 4.73. The highest BCUT2D eigenvalue weighted by Crippen LogP contribution is 2.49. The number of esters is 1. The third kappa shape index (κ3) is 5.70. The molecule has 3 saturated carbocycles. The number of carboxylic acids is 1. The first-order chi connectivity index (χ1) is 17.3. The van der Waals surface area contributed by atoms with Crippen LogP contribution in [-0.4, -0.2) is 47.8 Å². The largest absolute Gasteiger partial charge is 0.496 e. The highest BCUT2D eigenvalue weighted by atomic mass is 19.1. The Bertz CT molecular complexity index is 1060. The summed E-state index contributed by atoms with van der Waals surface area (Å²) in [6.07, 6.45) is 4.37. The number of rotatable bonds is 7. The number of carboxylic acid groups (broad SMARTS) is 1. The van der Waals surface area contributed by atoms with Crippen molar-refractivity contribution in [3.8, 4) is 11.5 Å². The molecule has 9 heteroatoms. The lowest BCUT2D eigenvalue weighted by Crippen LogP contribution is -2.46. The Morgan fingerprint density at radius 3 is 2.30 bits per heavy atom. The Hall–Kier alpha value is -2.84. The van der Waals surface area contributed by atoms with Crippen LogP contribution in [-0.2, 0) is 14.3 Å². The van der Waals surface area contributed by atoms with Crippen molar-refractivity contribution in [3.63, 3.8) is 0 Å². The number of hydrogen-bond donors (Lipinski definition) is 2. The highest BCUT2D eigenvalue weighted by molar-refractivity contribution is 5.98. The standard InChI is InChI=1S/C28H38FNO7/c1-27(2,3)37-26(34)28(4)10-8-17(9-11-28)36-21-13-18(20(35-5)14-19(21)29)24(31)30-23-16-7-6-15(12-16)22(23)25(32)33/h13-17,22-23H,6-12H2,1-5H3,(H,30,31)(H,32,33)/t15-,16+,17-,22+,23-,28+/m0/s1.